The molecule has 0 aromatic heterocycles. The van der Waals surface area contributed by atoms with Crippen LogP contribution < -0.4 is 10.1 Å². The van der Waals surface area contributed by atoms with Crippen LogP contribution in [0.15, 0.2) is 48.5 Å². The Morgan fingerprint density at radius 3 is 2.05 bits per heavy atom. The third kappa shape index (κ3) is 4.48. The minimum atomic E-state index is -4.77. The summed E-state index contributed by atoms with van der Waals surface area (Å²) in [5, 5.41) is 2.47. The number of nitrogens with one attached hydrogen (secondary N) is 1. The monoisotopic (exact) mass is 299 g/mol. The third-order valence-corrected chi connectivity index (χ3v) is 2.45. The van der Waals surface area contributed by atoms with Crippen LogP contribution in [0.2, 0.25) is 0 Å². The number of hydrogen-bond acceptors (Lipinski definition) is 2. The minimum absolute atomic E-state index is 0.229. The summed E-state index contributed by atoms with van der Waals surface area (Å²) in [5.74, 6) is -1.36. The van der Waals surface area contributed by atoms with Gasteiger partial charge in [0.15, 0.2) is 0 Å². The third-order valence-electron chi connectivity index (χ3n) is 2.45. The van der Waals surface area contributed by atoms with Gasteiger partial charge in [0.05, 0.1) is 0 Å². The molecule has 2 aromatic carbocycles. The van der Waals surface area contributed by atoms with Gasteiger partial charge in [-0.05, 0) is 48.5 Å². The lowest BCUT2D eigenvalue weighted by molar-refractivity contribution is -0.274. The summed E-state index contributed by atoms with van der Waals surface area (Å²) in [6, 6.07) is 9.55. The Labute approximate surface area is 117 Å². The predicted octanol–water partition coefficient (Wildman–Crippen LogP) is 3.98. The molecule has 0 aliphatic rings. The Hall–Kier alpha value is -2.57. The molecule has 3 nitrogen and oxygen atoms in total. The van der Waals surface area contributed by atoms with Crippen LogP contribution in [0.25, 0.3) is 0 Å². The van der Waals surface area contributed by atoms with Gasteiger partial charge in [-0.2, -0.15) is 0 Å². The standard InChI is InChI=1S/C14H9F4NO2/c15-10-3-1-9(2-4-10)13(20)19-11-5-7-12(8-6-11)21-14(16,17)18/h1-8H,(H,19,20). The van der Waals surface area contributed by atoms with Crippen molar-refractivity contribution in [3.63, 3.8) is 0 Å². The minimum Gasteiger partial charge on any atom is -0.406 e. The highest BCUT2D eigenvalue weighted by Gasteiger charge is 2.30. The molecule has 0 heterocycles. The van der Waals surface area contributed by atoms with Crippen molar-refractivity contribution >= 4 is 11.6 Å². The van der Waals surface area contributed by atoms with E-state index in [4.69, 9.17) is 0 Å². The molecule has 0 bridgehead atoms. The summed E-state index contributed by atoms with van der Waals surface area (Å²) in [6.45, 7) is 0. The highest BCUT2D eigenvalue weighted by molar-refractivity contribution is 6.04. The fourth-order valence-corrected chi connectivity index (χ4v) is 1.54. The molecule has 21 heavy (non-hydrogen) atoms. The average Bonchev–Trinajstić information content (AvgIpc) is 2.40. The van der Waals surface area contributed by atoms with Crippen molar-refractivity contribution in [3.8, 4) is 5.75 Å². The number of hydrogen-bond donors (Lipinski definition) is 1. The van der Waals surface area contributed by atoms with Crippen LogP contribution in [0.5, 0.6) is 5.75 Å². The van der Waals surface area contributed by atoms with Crippen LogP contribution in [-0.4, -0.2) is 12.3 Å². The number of amides is 1. The fraction of sp³-hybridized carbons (Fsp3) is 0.0714. The van der Waals surface area contributed by atoms with Gasteiger partial charge in [0, 0.05) is 11.3 Å². The Morgan fingerprint density at radius 1 is 0.952 bits per heavy atom. The first-order chi connectivity index (χ1) is 9.83. The van der Waals surface area contributed by atoms with Gasteiger partial charge in [-0.1, -0.05) is 0 Å². The van der Waals surface area contributed by atoms with Crippen molar-refractivity contribution < 1.29 is 27.1 Å². The van der Waals surface area contributed by atoms with Crippen LogP contribution in [0.1, 0.15) is 10.4 Å². The Morgan fingerprint density at radius 2 is 1.52 bits per heavy atom. The topological polar surface area (TPSA) is 38.3 Å². The number of halogens is 4. The van der Waals surface area contributed by atoms with Crippen LogP contribution >= 0.6 is 0 Å². The van der Waals surface area contributed by atoms with Crippen LogP contribution in [0, 0.1) is 5.82 Å². The quantitative estimate of drug-likeness (QED) is 0.871. The maximum Gasteiger partial charge on any atom is 0.573 e. The van der Waals surface area contributed by atoms with E-state index in [1.165, 1.54) is 24.3 Å². The predicted molar refractivity (Wildman–Crippen MR) is 67.5 cm³/mol. The SMILES string of the molecule is O=C(Nc1ccc(OC(F)(F)F)cc1)c1ccc(F)cc1. The van der Waals surface area contributed by atoms with Crippen LogP contribution in [-0.2, 0) is 0 Å². The normalized spacial score (nSPS) is 11.0. The summed E-state index contributed by atoms with van der Waals surface area (Å²) < 4.78 is 52.4. The van der Waals surface area contributed by atoms with E-state index < -0.39 is 18.1 Å². The molecule has 0 radical (unpaired) electrons. The van der Waals surface area contributed by atoms with E-state index in [0.29, 0.717) is 5.69 Å². The van der Waals surface area contributed by atoms with Crippen molar-refractivity contribution in [3.05, 3.63) is 59.9 Å². The first-order valence-corrected chi connectivity index (χ1v) is 5.76. The van der Waals surface area contributed by atoms with Gasteiger partial charge in [-0.3, -0.25) is 4.79 Å². The first-order valence-electron chi connectivity index (χ1n) is 5.76. The van der Waals surface area contributed by atoms with Crippen molar-refractivity contribution in [1.29, 1.82) is 0 Å². The fourth-order valence-electron chi connectivity index (χ4n) is 1.54. The molecule has 0 spiro atoms. The molecule has 0 fully saturated rings. The Kier molecular flexibility index (Phi) is 4.11. The van der Waals surface area contributed by atoms with E-state index >= 15 is 0 Å². The molecular formula is C14H9F4NO2. The summed E-state index contributed by atoms with van der Waals surface area (Å²) >= 11 is 0. The summed E-state index contributed by atoms with van der Waals surface area (Å²) in [6.07, 6.45) is -4.77. The highest BCUT2D eigenvalue weighted by atomic mass is 19.4. The number of ether oxygens (including phenoxy) is 1. The lowest BCUT2D eigenvalue weighted by atomic mass is 10.2. The van der Waals surface area contributed by atoms with E-state index in [-0.39, 0.29) is 11.3 Å². The van der Waals surface area contributed by atoms with Gasteiger partial charge in [-0.25, -0.2) is 4.39 Å². The van der Waals surface area contributed by atoms with Crippen LogP contribution in [0.4, 0.5) is 23.2 Å². The highest BCUT2D eigenvalue weighted by Crippen LogP contribution is 2.24. The molecule has 0 aliphatic heterocycles. The van der Waals surface area contributed by atoms with Crippen molar-refractivity contribution in [1.82, 2.24) is 0 Å². The molecule has 7 heteroatoms. The van der Waals surface area contributed by atoms with Gasteiger partial charge >= 0.3 is 6.36 Å². The van der Waals surface area contributed by atoms with Gasteiger partial charge in [-0.15, -0.1) is 13.2 Å². The first kappa shape index (κ1) is 14.8. The summed E-state index contributed by atoms with van der Waals surface area (Å²) in [7, 11) is 0. The lowest BCUT2D eigenvalue weighted by Gasteiger charge is -2.10. The summed E-state index contributed by atoms with van der Waals surface area (Å²) in [4.78, 5) is 11.8. The van der Waals surface area contributed by atoms with E-state index in [0.717, 1.165) is 24.3 Å². The molecule has 0 saturated carbocycles. The van der Waals surface area contributed by atoms with Gasteiger partial charge in [0.25, 0.3) is 5.91 Å². The van der Waals surface area contributed by atoms with Crippen molar-refractivity contribution in [2.75, 3.05) is 5.32 Å². The largest absolute Gasteiger partial charge is 0.573 e. The van der Waals surface area contributed by atoms with Gasteiger partial charge in [0.1, 0.15) is 11.6 Å². The molecule has 0 unspecified atom stereocenters. The molecule has 0 aliphatic carbocycles. The zero-order chi connectivity index (χ0) is 15.5. The smallest absolute Gasteiger partial charge is 0.406 e. The molecule has 1 N–H and O–H groups in total. The zero-order valence-corrected chi connectivity index (χ0v) is 10.4. The Balaban J connectivity index is 2.03. The van der Waals surface area contributed by atoms with Gasteiger partial charge in [0.2, 0.25) is 0 Å². The number of carbonyl (C=O) groups excluding carboxylic acids is 1. The van der Waals surface area contributed by atoms with E-state index in [9.17, 15) is 22.4 Å². The van der Waals surface area contributed by atoms with Crippen molar-refractivity contribution in [2.24, 2.45) is 0 Å². The second kappa shape index (κ2) is 5.82. The van der Waals surface area contributed by atoms with E-state index in [1.807, 2.05) is 0 Å². The zero-order valence-electron chi connectivity index (χ0n) is 10.4. The van der Waals surface area contributed by atoms with Gasteiger partial charge < -0.3 is 10.1 Å². The second-order valence-electron chi connectivity index (χ2n) is 4.03. The molecule has 2 rings (SSSR count). The van der Waals surface area contributed by atoms with Crippen LogP contribution in [0.3, 0.4) is 0 Å². The second-order valence-corrected chi connectivity index (χ2v) is 4.03. The Bertz CT molecular complexity index is 621. The number of anilines is 1. The van der Waals surface area contributed by atoms with E-state index in [1.54, 1.807) is 0 Å². The maximum atomic E-state index is 12.7. The molecule has 1 amide bonds. The molecule has 2 aromatic rings. The average molecular weight is 299 g/mol. The lowest BCUT2D eigenvalue weighted by Crippen LogP contribution is -2.17. The number of benzene rings is 2. The molecular weight excluding hydrogens is 290 g/mol. The molecule has 0 atom stereocenters. The molecule has 0 saturated heterocycles. The number of carbonyl (C=O) groups is 1. The number of rotatable bonds is 3. The maximum absolute atomic E-state index is 12.7. The van der Waals surface area contributed by atoms with E-state index in [2.05, 4.69) is 10.1 Å². The summed E-state index contributed by atoms with van der Waals surface area (Å²) in [5.41, 5.74) is 0.519. The molecule has 110 valence electrons. The number of alkyl halides is 3. The van der Waals surface area contributed by atoms with Crippen molar-refractivity contribution in [2.45, 2.75) is 6.36 Å².